The van der Waals surface area contributed by atoms with Gasteiger partial charge in [0.2, 0.25) is 0 Å². The predicted molar refractivity (Wildman–Crippen MR) is 83.9 cm³/mol. The smallest absolute Gasteiger partial charge is 0.306 e. The molecule has 0 aromatic carbocycles. The Morgan fingerprint density at radius 3 is 2.33 bits per heavy atom. The lowest BCUT2D eigenvalue weighted by Gasteiger charge is -2.19. The van der Waals surface area contributed by atoms with Gasteiger partial charge in [-0.15, -0.1) is 0 Å². The zero-order chi connectivity index (χ0) is 16.1. The van der Waals surface area contributed by atoms with Crippen molar-refractivity contribution in [2.75, 3.05) is 6.61 Å². The highest BCUT2D eigenvalue weighted by Gasteiger charge is 2.16. The normalized spacial score (nSPS) is 12.6. The summed E-state index contributed by atoms with van der Waals surface area (Å²) in [5.74, 6) is -0.142. The van der Waals surface area contributed by atoms with E-state index in [-0.39, 0.29) is 30.9 Å². The Bertz CT molecular complexity index is 321. The minimum atomic E-state index is -0.237. The number of hydrogen-bond acceptors (Lipinski definition) is 4. The van der Waals surface area contributed by atoms with Crippen LogP contribution in [-0.4, -0.2) is 24.6 Å². The molecule has 0 aromatic heterocycles. The Morgan fingerprint density at radius 2 is 1.76 bits per heavy atom. The van der Waals surface area contributed by atoms with E-state index in [1.807, 2.05) is 39.8 Å². The van der Waals surface area contributed by atoms with Gasteiger partial charge in [-0.3, -0.25) is 9.59 Å². The molecule has 0 heterocycles. The summed E-state index contributed by atoms with van der Waals surface area (Å²) < 4.78 is 10.5. The van der Waals surface area contributed by atoms with Gasteiger partial charge in [0.05, 0.1) is 6.61 Å². The van der Waals surface area contributed by atoms with E-state index in [0.29, 0.717) is 18.9 Å². The molecular weight excluding hydrogens is 268 g/mol. The van der Waals surface area contributed by atoms with Gasteiger partial charge >= 0.3 is 11.9 Å². The SMILES string of the molecule is C/C=C/CCCOC(=O)CCCC(=O)OC(CC)C(C)C. The Balaban J connectivity index is 3.68. The molecule has 0 bridgehead atoms. The van der Waals surface area contributed by atoms with Gasteiger partial charge in [0, 0.05) is 12.8 Å². The quantitative estimate of drug-likeness (QED) is 0.328. The minimum absolute atomic E-state index is 0.0314. The van der Waals surface area contributed by atoms with E-state index < -0.39 is 0 Å². The summed E-state index contributed by atoms with van der Waals surface area (Å²) in [4.78, 5) is 23.1. The van der Waals surface area contributed by atoms with Gasteiger partial charge in [0.15, 0.2) is 0 Å². The summed E-state index contributed by atoms with van der Waals surface area (Å²) in [6.07, 6.45) is 7.61. The van der Waals surface area contributed by atoms with Crippen LogP contribution in [0.4, 0.5) is 0 Å². The monoisotopic (exact) mass is 298 g/mol. The van der Waals surface area contributed by atoms with Crippen molar-refractivity contribution in [2.24, 2.45) is 5.92 Å². The second-order valence-electron chi connectivity index (χ2n) is 5.47. The maximum atomic E-state index is 11.6. The molecule has 4 heteroatoms. The van der Waals surface area contributed by atoms with Gasteiger partial charge < -0.3 is 9.47 Å². The Labute approximate surface area is 128 Å². The molecule has 0 aliphatic rings. The lowest BCUT2D eigenvalue weighted by molar-refractivity contribution is -0.151. The molecule has 0 aliphatic carbocycles. The van der Waals surface area contributed by atoms with Crippen molar-refractivity contribution >= 4 is 11.9 Å². The molecular formula is C17H30O4. The molecule has 0 saturated heterocycles. The van der Waals surface area contributed by atoms with E-state index in [2.05, 4.69) is 0 Å². The van der Waals surface area contributed by atoms with Crippen LogP contribution < -0.4 is 0 Å². The van der Waals surface area contributed by atoms with Gasteiger partial charge in [-0.1, -0.05) is 32.9 Å². The zero-order valence-electron chi connectivity index (χ0n) is 13.9. The number of carbonyl (C=O) groups is 2. The van der Waals surface area contributed by atoms with Crippen LogP contribution in [0.15, 0.2) is 12.2 Å². The molecule has 0 spiro atoms. The lowest BCUT2D eigenvalue weighted by Crippen LogP contribution is -2.22. The summed E-state index contributed by atoms with van der Waals surface area (Å²) in [6, 6.07) is 0. The third-order valence-electron chi connectivity index (χ3n) is 3.20. The first-order valence-electron chi connectivity index (χ1n) is 7.97. The molecule has 1 unspecified atom stereocenters. The molecule has 0 aromatic rings. The van der Waals surface area contributed by atoms with Crippen LogP contribution in [0.25, 0.3) is 0 Å². The van der Waals surface area contributed by atoms with Crippen LogP contribution >= 0.6 is 0 Å². The average molecular weight is 298 g/mol. The van der Waals surface area contributed by atoms with Crippen molar-refractivity contribution in [3.63, 3.8) is 0 Å². The number of ether oxygens (including phenoxy) is 2. The summed E-state index contributed by atoms with van der Waals surface area (Å²) in [5.41, 5.74) is 0. The van der Waals surface area contributed by atoms with Crippen LogP contribution in [0.2, 0.25) is 0 Å². The van der Waals surface area contributed by atoms with Gasteiger partial charge in [-0.25, -0.2) is 0 Å². The Kier molecular flexibility index (Phi) is 11.6. The maximum Gasteiger partial charge on any atom is 0.306 e. The molecule has 122 valence electrons. The fraction of sp³-hybridized carbons (Fsp3) is 0.765. The van der Waals surface area contributed by atoms with Crippen LogP contribution in [-0.2, 0) is 19.1 Å². The van der Waals surface area contributed by atoms with Gasteiger partial charge in [-0.05, 0) is 38.5 Å². The van der Waals surface area contributed by atoms with Crippen molar-refractivity contribution in [2.45, 2.75) is 72.3 Å². The molecule has 0 N–H and O–H groups in total. The topological polar surface area (TPSA) is 52.6 Å². The predicted octanol–water partition coefficient (Wildman–Crippen LogP) is 4.03. The number of allylic oxidation sites excluding steroid dienone is 2. The zero-order valence-corrected chi connectivity index (χ0v) is 13.9. The third kappa shape index (κ3) is 11.1. The van der Waals surface area contributed by atoms with E-state index in [0.717, 1.165) is 19.3 Å². The fourth-order valence-electron chi connectivity index (χ4n) is 1.92. The Morgan fingerprint density at radius 1 is 1.10 bits per heavy atom. The third-order valence-corrected chi connectivity index (χ3v) is 3.20. The molecule has 0 rings (SSSR count). The number of esters is 2. The van der Waals surface area contributed by atoms with Crippen molar-refractivity contribution < 1.29 is 19.1 Å². The van der Waals surface area contributed by atoms with Crippen molar-refractivity contribution in [1.82, 2.24) is 0 Å². The summed E-state index contributed by atoms with van der Waals surface area (Å²) in [7, 11) is 0. The maximum absolute atomic E-state index is 11.6. The first-order chi connectivity index (χ1) is 10.0. The molecule has 21 heavy (non-hydrogen) atoms. The number of hydrogen-bond donors (Lipinski definition) is 0. The highest BCUT2D eigenvalue weighted by Crippen LogP contribution is 2.12. The van der Waals surface area contributed by atoms with Crippen molar-refractivity contribution in [3.8, 4) is 0 Å². The lowest BCUT2D eigenvalue weighted by atomic mass is 10.1. The molecule has 0 saturated carbocycles. The molecule has 4 nitrogen and oxygen atoms in total. The molecule has 1 atom stereocenters. The van der Waals surface area contributed by atoms with Crippen LogP contribution in [0.1, 0.15) is 66.2 Å². The summed E-state index contributed by atoms with van der Waals surface area (Å²) >= 11 is 0. The molecule has 0 amide bonds. The van der Waals surface area contributed by atoms with E-state index in [9.17, 15) is 9.59 Å². The molecule has 0 radical (unpaired) electrons. The first kappa shape index (κ1) is 19.7. The first-order valence-corrected chi connectivity index (χ1v) is 7.97. The molecule has 0 fully saturated rings. The van der Waals surface area contributed by atoms with Crippen molar-refractivity contribution in [3.05, 3.63) is 12.2 Å². The summed E-state index contributed by atoms with van der Waals surface area (Å²) in [6.45, 7) is 8.48. The van der Waals surface area contributed by atoms with E-state index in [1.54, 1.807) is 0 Å². The van der Waals surface area contributed by atoms with Gasteiger partial charge in [0.25, 0.3) is 0 Å². The number of carbonyl (C=O) groups excluding carboxylic acids is 2. The van der Waals surface area contributed by atoms with Gasteiger partial charge in [0.1, 0.15) is 6.10 Å². The number of unbranched alkanes of at least 4 members (excludes halogenated alkanes) is 1. The summed E-state index contributed by atoms with van der Waals surface area (Å²) in [5, 5.41) is 0. The van der Waals surface area contributed by atoms with Crippen LogP contribution in [0.5, 0.6) is 0 Å². The van der Waals surface area contributed by atoms with Crippen LogP contribution in [0, 0.1) is 5.92 Å². The fourth-order valence-corrected chi connectivity index (χ4v) is 1.92. The minimum Gasteiger partial charge on any atom is -0.466 e. The Hall–Kier alpha value is -1.32. The highest BCUT2D eigenvalue weighted by atomic mass is 16.5. The second kappa shape index (κ2) is 12.4. The highest BCUT2D eigenvalue weighted by molar-refractivity contribution is 5.72. The standard InChI is InChI=1S/C17H30O4/c1-5-7-8-9-13-20-16(18)11-10-12-17(19)21-15(6-2)14(3)4/h5,7,14-15H,6,8-13H2,1-4H3/b7-5+. The van der Waals surface area contributed by atoms with E-state index in [4.69, 9.17) is 9.47 Å². The van der Waals surface area contributed by atoms with E-state index in [1.165, 1.54) is 0 Å². The average Bonchev–Trinajstić information content (AvgIpc) is 2.44. The second-order valence-corrected chi connectivity index (χ2v) is 5.47. The largest absolute Gasteiger partial charge is 0.466 e. The van der Waals surface area contributed by atoms with Gasteiger partial charge in [-0.2, -0.15) is 0 Å². The van der Waals surface area contributed by atoms with E-state index >= 15 is 0 Å². The molecule has 0 aliphatic heterocycles. The van der Waals surface area contributed by atoms with Crippen LogP contribution in [0.3, 0.4) is 0 Å². The van der Waals surface area contributed by atoms with Crippen molar-refractivity contribution in [1.29, 1.82) is 0 Å². The number of rotatable bonds is 11.